The lowest BCUT2D eigenvalue weighted by molar-refractivity contribution is -0.120. The van der Waals surface area contributed by atoms with E-state index in [0.29, 0.717) is 18.7 Å². The van der Waals surface area contributed by atoms with Gasteiger partial charge in [-0.3, -0.25) is 9.69 Å². The zero-order chi connectivity index (χ0) is 19.6. The molecule has 0 saturated carbocycles. The van der Waals surface area contributed by atoms with Crippen LogP contribution < -0.4 is 5.32 Å². The molecule has 1 N–H and O–H groups in total. The van der Waals surface area contributed by atoms with Crippen LogP contribution in [0.5, 0.6) is 0 Å². The Morgan fingerprint density at radius 1 is 1.30 bits per heavy atom. The van der Waals surface area contributed by atoms with Crippen molar-refractivity contribution < 1.29 is 14.3 Å². The minimum Gasteiger partial charge on any atom is -0.444 e. The van der Waals surface area contributed by atoms with E-state index in [0.717, 1.165) is 22.7 Å². The molecule has 7 heteroatoms. The maximum Gasteiger partial charge on any atom is 0.410 e. The van der Waals surface area contributed by atoms with E-state index in [2.05, 4.69) is 10.3 Å². The maximum atomic E-state index is 12.9. The molecule has 27 heavy (non-hydrogen) atoms. The van der Waals surface area contributed by atoms with Crippen LogP contribution >= 0.6 is 11.3 Å². The van der Waals surface area contributed by atoms with E-state index in [1.807, 2.05) is 57.3 Å². The zero-order valence-electron chi connectivity index (χ0n) is 16.1. The number of para-hydroxylation sites is 1. The number of nitrogens with zero attached hydrogens (tertiary/aromatic N) is 2. The van der Waals surface area contributed by atoms with Gasteiger partial charge in [-0.2, -0.15) is 0 Å². The van der Waals surface area contributed by atoms with Gasteiger partial charge in [0.25, 0.3) is 0 Å². The minimum absolute atomic E-state index is 0.197. The van der Waals surface area contributed by atoms with E-state index in [-0.39, 0.29) is 5.91 Å². The molecule has 1 saturated heterocycles. The van der Waals surface area contributed by atoms with Crippen LogP contribution in [0.4, 0.5) is 10.5 Å². The van der Waals surface area contributed by atoms with Crippen molar-refractivity contribution in [3.8, 4) is 11.3 Å². The minimum atomic E-state index is -0.588. The number of rotatable bonds is 3. The summed E-state index contributed by atoms with van der Waals surface area (Å²) < 4.78 is 5.45. The van der Waals surface area contributed by atoms with Crippen molar-refractivity contribution in [2.45, 2.75) is 52.2 Å². The first kappa shape index (κ1) is 19.4. The molecule has 1 aromatic carbocycles. The molecule has 0 spiro atoms. The summed E-state index contributed by atoms with van der Waals surface area (Å²) in [5.41, 5.74) is 1.82. The highest BCUT2D eigenvalue weighted by molar-refractivity contribution is 7.09. The molecule has 1 atom stereocenters. The van der Waals surface area contributed by atoms with Gasteiger partial charge in [-0.25, -0.2) is 9.78 Å². The molecular weight excluding hydrogens is 362 g/mol. The average Bonchev–Trinajstić information content (AvgIpc) is 3.22. The number of ether oxygens (including phenoxy) is 1. The Hall–Kier alpha value is -2.41. The van der Waals surface area contributed by atoms with E-state index in [9.17, 15) is 9.59 Å². The summed E-state index contributed by atoms with van der Waals surface area (Å²) in [4.78, 5) is 31.4. The first-order valence-electron chi connectivity index (χ1n) is 9.06. The van der Waals surface area contributed by atoms with Crippen LogP contribution in [0.3, 0.4) is 0 Å². The fourth-order valence-electron chi connectivity index (χ4n) is 3.10. The van der Waals surface area contributed by atoms with Gasteiger partial charge in [-0.15, -0.1) is 11.3 Å². The predicted molar refractivity (Wildman–Crippen MR) is 107 cm³/mol. The number of hydrogen-bond donors (Lipinski definition) is 1. The lowest BCUT2D eigenvalue weighted by atomic mass is 10.1. The van der Waals surface area contributed by atoms with Crippen LogP contribution in [0.15, 0.2) is 29.6 Å². The third kappa shape index (κ3) is 4.66. The maximum absolute atomic E-state index is 12.9. The third-order valence-electron chi connectivity index (χ3n) is 4.26. The number of benzene rings is 1. The summed E-state index contributed by atoms with van der Waals surface area (Å²) in [6.45, 7) is 7.94. The summed E-state index contributed by atoms with van der Waals surface area (Å²) in [6.07, 6.45) is 0.969. The molecule has 1 aliphatic heterocycles. The molecular formula is C20H25N3O3S. The largest absolute Gasteiger partial charge is 0.444 e. The fraction of sp³-hybridized carbons (Fsp3) is 0.450. The van der Waals surface area contributed by atoms with E-state index in [4.69, 9.17) is 4.74 Å². The van der Waals surface area contributed by atoms with Gasteiger partial charge < -0.3 is 10.1 Å². The van der Waals surface area contributed by atoms with Gasteiger partial charge in [0.05, 0.1) is 16.4 Å². The van der Waals surface area contributed by atoms with Crippen LogP contribution in [0.2, 0.25) is 0 Å². The van der Waals surface area contributed by atoms with Crippen LogP contribution in [-0.2, 0) is 9.53 Å². The summed E-state index contributed by atoms with van der Waals surface area (Å²) in [5, 5.41) is 5.93. The Labute approximate surface area is 163 Å². The van der Waals surface area contributed by atoms with E-state index < -0.39 is 17.7 Å². The van der Waals surface area contributed by atoms with Gasteiger partial charge in [-0.1, -0.05) is 18.2 Å². The van der Waals surface area contributed by atoms with Gasteiger partial charge in [-0.05, 0) is 46.6 Å². The lowest BCUT2D eigenvalue weighted by Gasteiger charge is -2.28. The number of likely N-dealkylation sites (tertiary alicyclic amines) is 1. The number of thiazole rings is 1. The second kappa shape index (κ2) is 7.68. The van der Waals surface area contributed by atoms with Crippen molar-refractivity contribution >= 4 is 29.0 Å². The number of carbonyl (C=O) groups excluding carboxylic acids is 2. The number of aromatic nitrogens is 1. The van der Waals surface area contributed by atoms with E-state index in [1.54, 1.807) is 11.3 Å². The van der Waals surface area contributed by atoms with Crippen molar-refractivity contribution in [1.29, 1.82) is 0 Å². The molecule has 1 aliphatic rings. The Kier molecular flexibility index (Phi) is 5.51. The molecule has 3 rings (SSSR count). The van der Waals surface area contributed by atoms with Crippen molar-refractivity contribution in [2.24, 2.45) is 0 Å². The number of anilines is 1. The third-order valence-corrected chi connectivity index (χ3v) is 5.04. The summed E-state index contributed by atoms with van der Waals surface area (Å²) >= 11 is 1.57. The van der Waals surface area contributed by atoms with Crippen molar-refractivity contribution in [3.63, 3.8) is 0 Å². The van der Waals surface area contributed by atoms with Crippen LogP contribution in [-0.4, -0.2) is 40.1 Å². The highest BCUT2D eigenvalue weighted by Crippen LogP contribution is 2.30. The van der Waals surface area contributed by atoms with Crippen LogP contribution in [0.25, 0.3) is 11.3 Å². The molecule has 0 radical (unpaired) electrons. The fourth-order valence-corrected chi connectivity index (χ4v) is 3.71. The number of nitrogens with one attached hydrogen (secondary N) is 1. The molecule has 1 aromatic heterocycles. The average molecular weight is 388 g/mol. The standard InChI is InChI=1S/C20H25N3O3S/c1-13-21-16(12-27-13)14-8-5-6-9-15(14)22-18(24)17-10-7-11-23(17)19(25)26-20(2,3)4/h5-6,8-9,12,17H,7,10-11H2,1-4H3,(H,22,24). The van der Waals surface area contributed by atoms with Crippen molar-refractivity contribution in [1.82, 2.24) is 9.88 Å². The molecule has 2 heterocycles. The Morgan fingerprint density at radius 2 is 2.04 bits per heavy atom. The normalized spacial score (nSPS) is 17.0. The SMILES string of the molecule is Cc1nc(-c2ccccc2NC(=O)C2CCCN2C(=O)OC(C)(C)C)cs1. The van der Waals surface area contributed by atoms with E-state index in [1.165, 1.54) is 4.90 Å². The highest BCUT2D eigenvalue weighted by Gasteiger charge is 2.36. The number of carbonyl (C=O) groups is 2. The van der Waals surface area contributed by atoms with Gasteiger partial charge in [0.1, 0.15) is 11.6 Å². The molecule has 1 unspecified atom stereocenters. The Bertz CT molecular complexity index is 841. The highest BCUT2D eigenvalue weighted by atomic mass is 32.1. The molecule has 0 aliphatic carbocycles. The molecule has 2 aromatic rings. The zero-order valence-corrected chi connectivity index (χ0v) is 16.9. The van der Waals surface area contributed by atoms with E-state index >= 15 is 0 Å². The quantitative estimate of drug-likeness (QED) is 0.844. The Balaban J connectivity index is 1.76. The second-order valence-electron chi connectivity index (χ2n) is 7.62. The Morgan fingerprint density at radius 3 is 2.70 bits per heavy atom. The molecule has 2 amide bonds. The van der Waals surface area contributed by atoms with Crippen LogP contribution in [0, 0.1) is 6.92 Å². The molecule has 0 bridgehead atoms. The summed E-state index contributed by atoms with van der Waals surface area (Å²) in [7, 11) is 0. The molecule has 6 nitrogen and oxygen atoms in total. The molecule has 1 fully saturated rings. The summed E-state index contributed by atoms with van der Waals surface area (Å²) in [5.74, 6) is -0.197. The van der Waals surface area contributed by atoms with Crippen molar-refractivity contribution in [2.75, 3.05) is 11.9 Å². The van der Waals surface area contributed by atoms with Gasteiger partial charge >= 0.3 is 6.09 Å². The first-order chi connectivity index (χ1) is 12.7. The first-order valence-corrected chi connectivity index (χ1v) is 9.94. The second-order valence-corrected chi connectivity index (χ2v) is 8.68. The predicted octanol–water partition coefficient (Wildman–Crippen LogP) is 4.46. The molecule has 144 valence electrons. The van der Waals surface area contributed by atoms with Gasteiger partial charge in [0.2, 0.25) is 5.91 Å². The summed E-state index contributed by atoms with van der Waals surface area (Å²) in [6, 6.07) is 7.06. The lowest BCUT2D eigenvalue weighted by Crippen LogP contribution is -2.45. The van der Waals surface area contributed by atoms with Crippen LogP contribution in [0.1, 0.15) is 38.6 Å². The van der Waals surface area contributed by atoms with Gasteiger partial charge in [0.15, 0.2) is 0 Å². The monoisotopic (exact) mass is 387 g/mol. The number of aryl methyl sites for hydroxylation is 1. The smallest absolute Gasteiger partial charge is 0.410 e. The van der Waals surface area contributed by atoms with Gasteiger partial charge in [0, 0.05) is 17.5 Å². The number of amides is 2. The van der Waals surface area contributed by atoms with Crippen molar-refractivity contribution in [3.05, 3.63) is 34.7 Å². The number of hydrogen-bond acceptors (Lipinski definition) is 5. The topological polar surface area (TPSA) is 71.5 Å².